The first-order valence-corrected chi connectivity index (χ1v) is 12.6. The summed E-state index contributed by atoms with van der Waals surface area (Å²) < 4.78 is 5.76. The quantitative estimate of drug-likeness (QED) is 0.466. The molecule has 2 heterocycles. The van der Waals surface area contributed by atoms with Gasteiger partial charge in [-0.3, -0.25) is 19.2 Å². The monoisotopic (exact) mass is 509 g/mol. The number of hydrogen-bond donors (Lipinski definition) is 4. The number of carbonyl (C=O) groups is 4. The lowest BCUT2D eigenvalue weighted by molar-refractivity contribution is -0.128. The Kier molecular flexibility index (Phi) is 9.59. The molecule has 0 saturated carbocycles. The number of amides is 4. The molecule has 4 N–H and O–H groups in total. The largest absolute Gasteiger partial charge is 0.443 e. The van der Waals surface area contributed by atoms with Crippen LogP contribution in [-0.4, -0.2) is 47.2 Å². The number of aromatic nitrogens is 1. The molecule has 0 radical (unpaired) electrons. The van der Waals surface area contributed by atoms with E-state index in [0.29, 0.717) is 25.8 Å². The molecule has 3 atom stereocenters. The topological polar surface area (TPSA) is 142 Å². The molecule has 3 rings (SSSR count). The van der Waals surface area contributed by atoms with Gasteiger partial charge in [-0.2, -0.15) is 0 Å². The zero-order valence-electron chi connectivity index (χ0n) is 21.7. The smallest absolute Gasteiger partial charge is 0.274 e. The predicted molar refractivity (Wildman–Crippen MR) is 138 cm³/mol. The average molecular weight is 510 g/mol. The van der Waals surface area contributed by atoms with Gasteiger partial charge in [0.15, 0.2) is 5.69 Å². The summed E-state index contributed by atoms with van der Waals surface area (Å²) in [5.74, 6) is -1.29. The predicted octanol–water partition coefficient (Wildman–Crippen LogP) is 2.41. The van der Waals surface area contributed by atoms with Crippen molar-refractivity contribution in [3.8, 4) is 0 Å². The van der Waals surface area contributed by atoms with Crippen LogP contribution < -0.4 is 21.3 Å². The molecule has 0 unspecified atom stereocenters. The van der Waals surface area contributed by atoms with Crippen molar-refractivity contribution in [1.82, 2.24) is 26.3 Å². The highest BCUT2D eigenvalue weighted by Crippen LogP contribution is 2.24. The molecule has 2 aromatic rings. The Balaban J connectivity index is 1.84. The maximum atomic E-state index is 13.3. The van der Waals surface area contributed by atoms with Crippen molar-refractivity contribution >= 4 is 29.7 Å². The molecule has 0 spiro atoms. The van der Waals surface area contributed by atoms with Crippen molar-refractivity contribution in [3.63, 3.8) is 0 Å². The van der Waals surface area contributed by atoms with Crippen LogP contribution in [0.1, 0.15) is 73.8 Å². The summed E-state index contributed by atoms with van der Waals surface area (Å²) in [4.78, 5) is 55.4. The maximum absolute atomic E-state index is 13.3. The first-order valence-electron chi connectivity index (χ1n) is 12.6. The Hall–Kier alpha value is -3.95. The van der Waals surface area contributed by atoms with E-state index in [1.165, 1.54) is 6.08 Å². The Morgan fingerprint density at radius 3 is 2.54 bits per heavy atom. The molecule has 1 aliphatic heterocycles. The van der Waals surface area contributed by atoms with Gasteiger partial charge < -0.3 is 25.7 Å². The van der Waals surface area contributed by atoms with E-state index in [9.17, 15) is 19.2 Å². The second-order valence-electron chi connectivity index (χ2n) is 9.47. The molecule has 198 valence electrons. The molecule has 1 aromatic carbocycles. The number of nitrogens with zero attached hydrogens (tertiary/aromatic N) is 1. The zero-order chi connectivity index (χ0) is 26.9. The van der Waals surface area contributed by atoms with Crippen LogP contribution >= 0.6 is 0 Å². The molecule has 2 bridgehead atoms. The van der Waals surface area contributed by atoms with Gasteiger partial charge in [-0.15, -0.1) is 0 Å². The van der Waals surface area contributed by atoms with E-state index in [4.69, 9.17) is 4.42 Å². The van der Waals surface area contributed by atoms with Crippen molar-refractivity contribution in [3.05, 3.63) is 59.3 Å². The number of carbonyl (C=O) groups excluding carboxylic acids is 4. The van der Waals surface area contributed by atoms with Crippen LogP contribution in [0.4, 0.5) is 0 Å². The number of benzene rings is 1. The summed E-state index contributed by atoms with van der Waals surface area (Å²) in [6.07, 6.45) is 4.62. The number of aryl methyl sites for hydroxylation is 1. The van der Waals surface area contributed by atoms with E-state index < -0.39 is 29.9 Å². The minimum atomic E-state index is -0.810. The maximum Gasteiger partial charge on any atom is 0.274 e. The van der Waals surface area contributed by atoms with Gasteiger partial charge in [0, 0.05) is 12.6 Å². The van der Waals surface area contributed by atoms with Crippen molar-refractivity contribution < 1.29 is 23.6 Å². The number of hydrogen-bond acceptors (Lipinski definition) is 6. The summed E-state index contributed by atoms with van der Waals surface area (Å²) in [7, 11) is 0. The van der Waals surface area contributed by atoms with Crippen LogP contribution in [0.15, 0.2) is 40.8 Å². The molecule has 0 saturated heterocycles. The molecule has 0 fully saturated rings. The molecule has 37 heavy (non-hydrogen) atoms. The van der Waals surface area contributed by atoms with E-state index >= 15 is 0 Å². The fourth-order valence-electron chi connectivity index (χ4n) is 3.92. The Bertz CT molecular complexity index is 1140. The molecule has 0 aliphatic carbocycles. The third kappa shape index (κ3) is 7.77. The first-order chi connectivity index (χ1) is 17.7. The third-order valence-corrected chi connectivity index (χ3v) is 6.08. The van der Waals surface area contributed by atoms with E-state index in [-0.39, 0.29) is 35.1 Å². The summed E-state index contributed by atoms with van der Waals surface area (Å²) in [5.41, 5.74) is 0.918. The summed E-state index contributed by atoms with van der Waals surface area (Å²) in [5, 5.41) is 11.2. The van der Waals surface area contributed by atoms with Crippen molar-refractivity contribution in [2.24, 2.45) is 5.92 Å². The molecule has 1 aromatic heterocycles. The molecule has 10 nitrogen and oxygen atoms in total. The van der Waals surface area contributed by atoms with E-state index in [2.05, 4.69) is 26.3 Å². The van der Waals surface area contributed by atoms with Gasteiger partial charge in [0.2, 0.25) is 23.6 Å². The lowest BCUT2D eigenvalue weighted by atomic mass is 10.0. The van der Waals surface area contributed by atoms with E-state index in [1.807, 2.05) is 44.2 Å². The number of oxazole rings is 1. The van der Waals surface area contributed by atoms with Gasteiger partial charge in [0.05, 0.1) is 0 Å². The van der Waals surface area contributed by atoms with Crippen LogP contribution in [0.2, 0.25) is 0 Å². The molecule has 10 heteroatoms. The number of nitrogens with one attached hydrogen (secondary N) is 4. The van der Waals surface area contributed by atoms with Crippen LogP contribution in [-0.2, 0) is 14.4 Å². The second-order valence-corrected chi connectivity index (χ2v) is 9.47. The van der Waals surface area contributed by atoms with Gasteiger partial charge in [-0.05, 0) is 50.7 Å². The van der Waals surface area contributed by atoms with Crippen molar-refractivity contribution in [2.75, 3.05) is 6.54 Å². The Morgan fingerprint density at radius 1 is 1.11 bits per heavy atom. The summed E-state index contributed by atoms with van der Waals surface area (Å²) in [6, 6.07) is 7.19. The highest BCUT2D eigenvalue weighted by atomic mass is 16.4. The lowest BCUT2D eigenvalue weighted by Crippen LogP contribution is -2.48. The zero-order valence-corrected chi connectivity index (χ0v) is 21.7. The minimum Gasteiger partial charge on any atom is -0.443 e. The first kappa shape index (κ1) is 27.6. The highest BCUT2D eigenvalue weighted by Gasteiger charge is 2.30. The van der Waals surface area contributed by atoms with Crippen molar-refractivity contribution in [1.29, 1.82) is 0 Å². The second kappa shape index (κ2) is 12.8. The normalized spacial score (nSPS) is 21.9. The SMILES string of the molecule is Cc1oc2nc1C(=O)N[C@H](C)C(=O)NCCCC[C@H](NC(=O)C=Cc1ccccc1)C(=O)N[C@H]2C(C)C. The van der Waals surface area contributed by atoms with Crippen LogP contribution in [0.25, 0.3) is 6.08 Å². The minimum absolute atomic E-state index is 0.0533. The van der Waals surface area contributed by atoms with Gasteiger partial charge in [-0.1, -0.05) is 44.2 Å². The standard InChI is InChI=1S/C27H35N5O5/c1-16(2)22-27-32-23(18(4)37-27)26(36)29-17(3)24(34)28-15-9-8-12-20(25(35)31-22)30-21(33)14-13-19-10-6-5-7-11-19/h5-7,10-11,13-14,16-17,20,22H,8-9,12,15H2,1-4H3,(H,28,34)(H,29,36)(H,30,33)(H,31,35)/t17-,20+,22+/m1/s1. The molecular weight excluding hydrogens is 474 g/mol. The summed E-state index contributed by atoms with van der Waals surface area (Å²) in [6.45, 7) is 7.36. The van der Waals surface area contributed by atoms with Gasteiger partial charge in [-0.25, -0.2) is 4.98 Å². The fourth-order valence-corrected chi connectivity index (χ4v) is 3.92. The highest BCUT2D eigenvalue weighted by molar-refractivity contribution is 5.97. The average Bonchev–Trinajstić information content (AvgIpc) is 3.25. The van der Waals surface area contributed by atoms with E-state index in [0.717, 1.165) is 5.56 Å². The van der Waals surface area contributed by atoms with Gasteiger partial charge in [0.25, 0.3) is 5.91 Å². The Labute approximate surface area is 216 Å². The van der Waals surface area contributed by atoms with Crippen LogP contribution in [0.5, 0.6) is 0 Å². The van der Waals surface area contributed by atoms with Crippen LogP contribution in [0, 0.1) is 12.8 Å². The van der Waals surface area contributed by atoms with Gasteiger partial charge >= 0.3 is 0 Å². The van der Waals surface area contributed by atoms with Crippen LogP contribution in [0.3, 0.4) is 0 Å². The molecule has 4 amide bonds. The fraction of sp³-hybridized carbons (Fsp3) is 0.444. The molecule has 1 aliphatic rings. The van der Waals surface area contributed by atoms with E-state index in [1.54, 1.807) is 19.9 Å². The number of rotatable bonds is 4. The Morgan fingerprint density at radius 2 is 1.84 bits per heavy atom. The van der Waals surface area contributed by atoms with Gasteiger partial charge in [0.1, 0.15) is 23.9 Å². The molecular formula is C27H35N5O5. The summed E-state index contributed by atoms with van der Waals surface area (Å²) >= 11 is 0. The lowest BCUT2D eigenvalue weighted by Gasteiger charge is -2.24. The van der Waals surface area contributed by atoms with Crippen molar-refractivity contribution in [2.45, 2.75) is 65.1 Å². The third-order valence-electron chi connectivity index (χ3n) is 6.08. The number of fused-ring (bicyclic) bond motifs is 2.